The summed E-state index contributed by atoms with van der Waals surface area (Å²) in [6.07, 6.45) is 1.75. The van der Waals surface area contributed by atoms with Gasteiger partial charge in [0.15, 0.2) is 5.65 Å². The molecule has 0 aliphatic heterocycles. The van der Waals surface area contributed by atoms with Gasteiger partial charge in [0.25, 0.3) is 0 Å². The van der Waals surface area contributed by atoms with Crippen LogP contribution in [0.5, 0.6) is 0 Å². The Balaban J connectivity index is 2.00. The number of para-hydroxylation sites is 1. The number of imidazole rings is 1. The van der Waals surface area contributed by atoms with E-state index in [4.69, 9.17) is 4.42 Å². The molecular weight excluding hydrogens is 318 g/mol. The average Bonchev–Trinajstić information content (AvgIpc) is 3.01. The molecule has 0 unspecified atom stereocenters. The Hall–Kier alpha value is -2.14. The van der Waals surface area contributed by atoms with Crippen LogP contribution >= 0.6 is 15.9 Å². The molecule has 3 aromatic heterocycles. The van der Waals surface area contributed by atoms with Crippen molar-refractivity contribution >= 4 is 32.5 Å². The molecule has 20 heavy (non-hydrogen) atoms. The summed E-state index contributed by atoms with van der Waals surface area (Å²) in [6.45, 7) is 1.95. The number of hydrogen-bond donors (Lipinski definition) is 0. The molecule has 0 spiro atoms. The number of halogens is 1. The molecule has 0 fully saturated rings. The van der Waals surface area contributed by atoms with Crippen molar-refractivity contribution in [2.24, 2.45) is 0 Å². The molecule has 4 nitrogen and oxygen atoms in total. The van der Waals surface area contributed by atoms with Crippen molar-refractivity contribution in [3.05, 3.63) is 53.0 Å². The van der Waals surface area contributed by atoms with E-state index in [0.717, 1.165) is 38.2 Å². The lowest BCUT2D eigenvalue weighted by Crippen LogP contribution is -1.94. The van der Waals surface area contributed by atoms with E-state index >= 15 is 0 Å². The van der Waals surface area contributed by atoms with Crippen LogP contribution in [0.2, 0.25) is 0 Å². The van der Waals surface area contributed by atoms with Crippen LogP contribution in [0.1, 0.15) is 5.69 Å². The van der Waals surface area contributed by atoms with E-state index in [0.29, 0.717) is 0 Å². The predicted molar refractivity (Wildman–Crippen MR) is 80.6 cm³/mol. The number of benzene rings is 1. The fourth-order valence-electron chi connectivity index (χ4n) is 2.34. The highest BCUT2D eigenvalue weighted by atomic mass is 79.9. The first-order chi connectivity index (χ1) is 9.74. The molecule has 0 aliphatic rings. The SMILES string of the molecule is Cc1nc2ccc(-c3coc4ccccc34)nn2c1Br. The van der Waals surface area contributed by atoms with Gasteiger partial charge in [-0.05, 0) is 41.1 Å². The topological polar surface area (TPSA) is 43.3 Å². The van der Waals surface area contributed by atoms with Gasteiger partial charge in [-0.15, -0.1) is 0 Å². The molecule has 4 rings (SSSR count). The minimum atomic E-state index is 0.825. The first-order valence-electron chi connectivity index (χ1n) is 6.22. The Morgan fingerprint density at radius 2 is 2.00 bits per heavy atom. The second-order valence-corrected chi connectivity index (χ2v) is 5.37. The van der Waals surface area contributed by atoms with E-state index in [1.807, 2.05) is 43.3 Å². The molecule has 0 aliphatic carbocycles. The number of rotatable bonds is 1. The van der Waals surface area contributed by atoms with Crippen LogP contribution in [-0.2, 0) is 0 Å². The molecule has 98 valence electrons. The van der Waals surface area contributed by atoms with Crippen LogP contribution in [0.15, 0.2) is 51.7 Å². The zero-order valence-electron chi connectivity index (χ0n) is 10.7. The number of furan rings is 1. The van der Waals surface area contributed by atoms with E-state index in [1.54, 1.807) is 10.8 Å². The summed E-state index contributed by atoms with van der Waals surface area (Å²) in [5, 5.41) is 5.70. The Morgan fingerprint density at radius 1 is 1.15 bits per heavy atom. The van der Waals surface area contributed by atoms with Gasteiger partial charge in [0.1, 0.15) is 16.4 Å². The average molecular weight is 328 g/mol. The fourth-order valence-corrected chi connectivity index (χ4v) is 2.69. The zero-order chi connectivity index (χ0) is 13.7. The lowest BCUT2D eigenvalue weighted by atomic mass is 10.1. The first kappa shape index (κ1) is 11.7. The van der Waals surface area contributed by atoms with Crippen LogP contribution in [-0.4, -0.2) is 14.6 Å². The monoisotopic (exact) mass is 327 g/mol. The predicted octanol–water partition coefficient (Wildman–Crippen LogP) is 4.21. The third-order valence-corrected chi connectivity index (χ3v) is 4.25. The maximum atomic E-state index is 5.57. The number of fused-ring (bicyclic) bond motifs is 2. The van der Waals surface area contributed by atoms with E-state index in [9.17, 15) is 0 Å². The Morgan fingerprint density at radius 3 is 2.90 bits per heavy atom. The summed E-state index contributed by atoms with van der Waals surface area (Å²) >= 11 is 3.51. The van der Waals surface area contributed by atoms with Crippen molar-refractivity contribution in [2.45, 2.75) is 6.92 Å². The van der Waals surface area contributed by atoms with Gasteiger partial charge in [0.2, 0.25) is 0 Å². The number of aromatic nitrogens is 3. The van der Waals surface area contributed by atoms with Crippen molar-refractivity contribution in [2.75, 3.05) is 0 Å². The summed E-state index contributed by atoms with van der Waals surface area (Å²) in [5.41, 5.74) is 4.46. The van der Waals surface area contributed by atoms with Gasteiger partial charge >= 0.3 is 0 Å². The summed E-state index contributed by atoms with van der Waals surface area (Å²) in [7, 11) is 0. The Kier molecular flexibility index (Phi) is 2.44. The highest BCUT2D eigenvalue weighted by Crippen LogP contribution is 2.29. The molecule has 0 saturated heterocycles. The molecule has 0 bridgehead atoms. The van der Waals surface area contributed by atoms with E-state index in [1.165, 1.54) is 0 Å². The minimum absolute atomic E-state index is 0.825. The van der Waals surface area contributed by atoms with Gasteiger partial charge < -0.3 is 4.42 Å². The van der Waals surface area contributed by atoms with Gasteiger partial charge in [-0.25, -0.2) is 9.50 Å². The fraction of sp³-hybridized carbons (Fsp3) is 0.0667. The summed E-state index contributed by atoms with van der Waals surface area (Å²) in [5.74, 6) is 0. The largest absolute Gasteiger partial charge is 0.464 e. The summed E-state index contributed by atoms with van der Waals surface area (Å²) < 4.78 is 8.25. The molecule has 0 amide bonds. The number of nitrogens with zero attached hydrogens (tertiary/aromatic N) is 3. The van der Waals surface area contributed by atoms with E-state index in [2.05, 4.69) is 26.0 Å². The van der Waals surface area contributed by atoms with Gasteiger partial charge in [-0.1, -0.05) is 18.2 Å². The molecular formula is C15H10BrN3O. The zero-order valence-corrected chi connectivity index (χ0v) is 12.3. The van der Waals surface area contributed by atoms with Gasteiger partial charge in [0, 0.05) is 10.9 Å². The van der Waals surface area contributed by atoms with E-state index in [-0.39, 0.29) is 0 Å². The van der Waals surface area contributed by atoms with Gasteiger partial charge in [-0.3, -0.25) is 0 Å². The molecule has 0 N–H and O–H groups in total. The first-order valence-corrected chi connectivity index (χ1v) is 7.02. The summed E-state index contributed by atoms with van der Waals surface area (Å²) in [4.78, 5) is 4.43. The standard InChI is InChI=1S/C15H10BrN3O/c1-9-15(16)19-14(17-9)7-6-12(18-19)11-8-20-13-5-3-2-4-10(11)13/h2-8H,1H3. The molecule has 1 aromatic carbocycles. The minimum Gasteiger partial charge on any atom is -0.464 e. The van der Waals surface area contributed by atoms with Crippen molar-refractivity contribution in [3.63, 3.8) is 0 Å². The van der Waals surface area contributed by atoms with E-state index < -0.39 is 0 Å². The lowest BCUT2D eigenvalue weighted by molar-refractivity contribution is 0.616. The van der Waals surface area contributed by atoms with Crippen LogP contribution in [0.3, 0.4) is 0 Å². The van der Waals surface area contributed by atoms with Gasteiger partial charge in [0.05, 0.1) is 11.4 Å². The van der Waals surface area contributed by atoms with Crippen molar-refractivity contribution in [1.29, 1.82) is 0 Å². The third kappa shape index (κ3) is 1.59. The van der Waals surface area contributed by atoms with Crippen molar-refractivity contribution in [1.82, 2.24) is 14.6 Å². The lowest BCUT2D eigenvalue weighted by Gasteiger charge is -2.00. The number of aryl methyl sites for hydroxylation is 1. The smallest absolute Gasteiger partial charge is 0.155 e. The quantitative estimate of drug-likeness (QED) is 0.526. The number of hydrogen-bond acceptors (Lipinski definition) is 3. The third-order valence-electron chi connectivity index (χ3n) is 3.34. The van der Waals surface area contributed by atoms with Crippen molar-refractivity contribution in [3.8, 4) is 11.3 Å². The molecule has 0 atom stereocenters. The Bertz CT molecular complexity index is 939. The second-order valence-electron chi connectivity index (χ2n) is 4.62. The molecule has 0 saturated carbocycles. The molecule has 3 heterocycles. The van der Waals surface area contributed by atoms with Crippen molar-refractivity contribution < 1.29 is 4.42 Å². The van der Waals surface area contributed by atoms with Crippen LogP contribution in [0.4, 0.5) is 0 Å². The van der Waals surface area contributed by atoms with Crippen LogP contribution < -0.4 is 0 Å². The maximum absolute atomic E-state index is 5.57. The molecule has 0 radical (unpaired) electrons. The highest BCUT2D eigenvalue weighted by Gasteiger charge is 2.12. The van der Waals surface area contributed by atoms with Gasteiger partial charge in [-0.2, -0.15) is 5.10 Å². The maximum Gasteiger partial charge on any atom is 0.155 e. The molecule has 5 heteroatoms. The van der Waals surface area contributed by atoms with Crippen LogP contribution in [0.25, 0.3) is 27.9 Å². The van der Waals surface area contributed by atoms with Crippen LogP contribution in [0, 0.1) is 6.92 Å². The summed E-state index contributed by atoms with van der Waals surface area (Å²) in [6, 6.07) is 11.9. The normalized spacial score (nSPS) is 11.5. The second kappa shape index (κ2) is 4.18. The highest BCUT2D eigenvalue weighted by molar-refractivity contribution is 9.10. The Labute approximate surface area is 123 Å². The molecule has 4 aromatic rings.